The SMILES string of the molecule is COCc1ccc(C2C[C@@H](N)c3cc(Br)ccc3O2)cc1. The molecule has 0 aliphatic carbocycles. The minimum absolute atomic E-state index is 0.00472. The number of nitrogens with two attached hydrogens (primary N) is 1. The number of hydrogen-bond donors (Lipinski definition) is 1. The van der Waals surface area contributed by atoms with Crippen molar-refractivity contribution in [1.29, 1.82) is 0 Å². The van der Waals surface area contributed by atoms with Gasteiger partial charge in [-0.15, -0.1) is 0 Å². The molecule has 0 spiro atoms. The molecule has 1 aliphatic rings. The van der Waals surface area contributed by atoms with Gasteiger partial charge in [-0.3, -0.25) is 0 Å². The summed E-state index contributed by atoms with van der Waals surface area (Å²) in [7, 11) is 1.70. The van der Waals surface area contributed by atoms with E-state index in [0.717, 1.165) is 33.3 Å². The van der Waals surface area contributed by atoms with Gasteiger partial charge in [0.15, 0.2) is 0 Å². The maximum atomic E-state index is 6.30. The fraction of sp³-hybridized carbons (Fsp3) is 0.294. The molecule has 1 unspecified atom stereocenters. The summed E-state index contributed by atoms with van der Waals surface area (Å²) in [5.41, 5.74) is 9.68. The molecule has 3 rings (SSSR count). The second kappa shape index (κ2) is 6.18. The summed E-state index contributed by atoms with van der Waals surface area (Å²) < 4.78 is 12.3. The predicted molar refractivity (Wildman–Crippen MR) is 86.2 cm³/mol. The number of ether oxygens (including phenoxy) is 2. The van der Waals surface area contributed by atoms with E-state index in [-0.39, 0.29) is 12.1 Å². The first kappa shape index (κ1) is 14.6. The van der Waals surface area contributed by atoms with Crippen LogP contribution in [0.25, 0.3) is 0 Å². The van der Waals surface area contributed by atoms with E-state index in [1.807, 2.05) is 18.2 Å². The lowest BCUT2D eigenvalue weighted by Gasteiger charge is -2.30. The molecule has 0 bridgehead atoms. The van der Waals surface area contributed by atoms with Gasteiger partial charge in [-0.25, -0.2) is 0 Å². The van der Waals surface area contributed by atoms with Crippen LogP contribution in [0.2, 0.25) is 0 Å². The smallest absolute Gasteiger partial charge is 0.126 e. The quantitative estimate of drug-likeness (QED) is 0.908. The molecule has 0 saturated carbocycles. The molecular weight excluding hydrogens is 330 g/mol. The van der Waals surface area contributed by atoms with Crippen LogP contribution in [0.4, 0.5) is 0 Å². The van der Waals surface area contributed by atoms with Gasteiger partial charge in [-0.2, -0.15) is 0 Å². The van der Waals surface area contributed by atoms with E-state index in [0.29, 0.717) is 6.61 Å². The number of benzene rings is 2. The number of rotatable bonds is 3. The van der Waals surface area contributed by atoms with Gasteiger partial charge in [0.25, 0.3) is 0 Å². The molecule has 1 heterocycles. The third-order valence-electron chi connectivity index (χ3n) is 3.77. The average molecular weight is 348 g/mol. The maximum Gasteiger partial charge on any atom is 0.126 e. The molecule has 2 N–H and O–H groups in total. The number of halogens is 1. The van der Waals surface area contributed by atoms with E-state index in [2.05, 4.69) is 40.2 Å². The highest BCUT2D eigenvalue weighted by Crippen LogP contribution is 2.40. The van der Waals surface area contributed by atoms with Gasteiger partial charge in [-0.1, -0.05) is 40.2 Å². The third kappa shape index (κ3) is 3.12. The Morgan fingerprint density at radius 2 is 2.00 bits per heavy atom. The minimum Gasteiger partial charge on any atom is -0.485 e. The first-order chi connectivity index (χ1) is 10.2. The Kier molecular flexibility index (Phi) is 4.29. The average Bonchev–Trinajstić information content (AvgIpc) is 2.49. The summed E-state index contributed by atoms with van der Waals surface area (Å²) >= 11 is 3.48. The van der Waals surface area contributed by atoms with E-state index < -0.39 is 0 Å². The largest absolute Gasteiger partial charge is 0.485 e. The van der Waals surface area contributed by atoms with Gasteiger partial charge < -0.3 is 15.2 Å². The summed E-state index contributed by atoms with van der Waals surface area (Å²) in [5.74, 6) is 0.878. The molecule has 0 saturated heterocycles. The molecule has 2 aromatic carbocycles. The van der Waals surface area contributed by atoms with Gasteiger partial charge >= 0.3 is 0 Å². The summed E-state index contributed by atoms with van der Waals surface area (Å²) in [5, 5.41) is 0. The standard InChI is InChI=1S/C17H18BrNO2/c1-20-10-11-2-4-12(5-3-11)17-9-15(19)14-8-13(18)6-7-16(14)21-17/h2-8,15,17H,9-10,19H2,1H3/t15-,17?/m1/s1. The number of methoxy groups -OCH3 is 1. The predicted octanol–water partition coefficient (Wildman–Crippen LogP) is 4.12. The molecule has 2 aromatic rings. The normalized spacial score (nSPS) is 20.7. The lowest BCUT2D eigenvalue weighted by molar-refractivity contribution is 0.161. The highest BCUT2D eigenvalue weighted by atomic mass is 79.9. The van der Waals surface area contributed by atoms with Crippen LogP contribution in [0.1, 0.15) is 35.3 Å². The van der Waals surface area contributed by atoms with E-state index in [1.54, 1.807) is 7.11 Å². The van der Waals surface area contributed by atoms with Crippen LogP contribution < -0.4 is 10.5 Å². The zero-order valence-electron chi connectivity index (χ0n) is 11.9. The van der Waals surface area contributed by atoms with Crippen LogP contribution in [0.15, 0.2) is 46.9 Å². The first-order valence-electron chi connectivity index (χ1n) is 6.97. The van der Waals surface area contributed by atoms with Crippen LogP contribution in [-0.4, -0.2) is 7.11 Å². The van der Waals surface area contributed by atoms with Crippen molar-refractivity contribution in [3.8, 4) is 5.75 Å². The highest BCUT2D eigenvalue weighted by Gasteiger charge is 2.27. The van der Waals surface area contributed by atoms with Crippen molar-refractivity contribution in [2.45, 2.75) is 25.2 Å². The van der Waals surface area contributed by atoms with E-state index in [4.69, 9.17) is 15.2 Å². The van der Waals surface area contributed by atoms with Gasteiger partial charge in [-0.05, 0) is 29.3 Å². The van der Waals surface area contributed by atoms with Gasteiger partial charge in [0, 0.05) is 29.6 Å². The highest BCUT2D eigenvalue weighted by molar-refractivity contribution is 9.10. The molecule has 0 radical (unpaired) electrons. The molecule has 2 atom stereocenters. The summed E-state index contributed by atoms with van der Waals surface area (Å²) in [6.45, 7) is 0.627. The molecule has 0 aromatic heterocycles. The zero-order chi connectivity index (χ0) is 14.8. The van der Waals surface area contributed by atoms with Crippen LogP contribution in [-0.2, 0) is 11.3 Å². The monoisotopic (exact) mass is 347 g/mol. The van der Waals surface area contributed by atoms with E-state index in [1.165, 1.54) is 0 Å². The van der Waals surface area contributed by atoms with Crippen molar-refractivity contribution in [2.75, 3.05) is 7.11 Å². The van der Waals surface area contributed by atoms with E-state index >= 15 is 0 Å². The molecule has 0 fully saturated rings. The van der Waals surface area contributed by atoms with E-state index in [9.17, 15) is 0 Å². The first-order valence-corrected chi connectivity index (χ1v) is 7.76. The molecule has 1 aliphatic heterocycles. The number of fused-ring (bicyclic) bond motifs is 1. The number of hydrogen-bond acceptors (Lipinski definition) is 3. The van der Waals surface area contributed by atoms with Gasteiger partial charge in [0.1, 0.15) is 11.9 Å². The molecular formula is C17H18BrNO2. The Labute approximate surface area is 133 Å². The second-order valence-corrected chi connectivity index (χ2v) is 6.22. The third-order valence-corrected chi connectivity index (χ3v) is 4.26. The van der Waals surface area contributed by atoms with Gasteiger partial charge in [0.2, 0.25) is 0 Å². The minimum atomic E-state index is -0.00472. The van der Waals surface area contributed by atoms with Crippen molar-refractivity contribution in [1.82, 2.24) is 0 Å². The van der Waals surface area contributed by atoms with Crippen molar-refractivity contribution < 1.29 is 9.47 Å². The van der Waals surface area contributed by atoms with Crippen molar-refractivity contribution >= 4 is 15.9 Å². The van der Waals surface area contributed by atoms with Crippen molar-refractivity contribution in [3.05, 3.63) is 63.6 Å². The summed E-state index contributed by atoms with van der Waals surface area (Å²) in [4.78, 5) is 0. The van der Waals surface area contributed by atoms with Gasteiger partial charge in [0.05, 0.1) is 6.61 Å². The van der Waals surface area contributed by atoms with Crippen LogP contribution in [0.3, 0.4) is 0 Å². The molecule has 21 heavy (non-hydrogen) atoms. The molecule has 3 nitrogen and oxygen atoms in total. The Bertz CT molecular complexity index is 627. The Balaban J connectivity index is 1.83. The summed E-state index contributed by atoms with van der Waals surface area (Å²) in [6.07, 6.45) is 0.790. The summed E-state index contributed by atoms with van der Waals surface area (Å²) in [6, 6.07) is 14.3. The van der Waals surface area contributed by atoms with Crippen LogP contribution >= 0.6 is 15.9 Å². The fourth-order valence-corrected chi connectivity index (χ4v) is 3.05. The molecule has 0 amide bonds. The Morgan fingerprint density at radius 3 is 2.71 bits per heavy atom. The second-order valence-electron chi connectivity index (χ2n) is 5.31. The van der Waals surface area contributed by atoms with Crippen molar-refractivity contribution in [2.24, 2.45) is 5.73 Å². The fourth-order valence-electron chi connectivity index (χ4n) is 2.67. The lowest BCUT2D eigenvalue weighted by Crippen LogP contribution is -2.24. The maximum absolute atomic E-state index is 6.30. The molecule has 4 heteroatoms. The zero-order valence-corrected chi connectivity index (χ0v) is 13.5. The van der Waals surface area contributed by atoms with Crippen molar-refractivity contribution in [3.63, 3.8) is 0 Å². The lowest BCUT2D eigenvalue weighted by atomic mass is 9.93. The van der Waals surface area contributed by atoms with Crippen LogP contribution in [0.5, 0.6) is 5.75 Å². The Morgan fingerprint density at radius 1 is 1.24 bits per heavy atom. The molecule has 110 valence electrons. The Hall–Kier alpha value is -1.36. The topological polar surface area (TPSA) is 44.5 Å². The van der Waals surface area contributed by atoms with Crippen LogP contribution in [0, 0.1) is 0 Å².